The second-order valence-electron chi connectivity index (χ2n) is 5.68. The normalized spacial score (nSPS) is 12.0. The molecule has 0 spiro atoms. The summed E-state index contributed by atoms with van der Waals surface area (Å²) in [5.41, 5.74) is 10.9. The lowest BCUT2D eigenvalue weighted by Crippen LogP contribution is -2.31. The van der Waals surface area contributed by atoms with Crippen molar-refractivity contribution >= 4 is 34.5 Å². The van der Waals surface area contributed by atoms with E-state index in [1.54, 1.807) is 37.3 Å². The van der Waals surface area contributed by atoms with Gasteiger partial charge >= 0.3 is 0 Å². The number of anilines is 1. The van der Waals surface area contributed by atoms with Crippen LogP contribution in [0.15, 0.2) is 63.2 Å². The van der Waals surface area contributed by atoms with E-state index in [-0.39, 0.29) is 16.3 Å². The number of aromatic nitrogens is 2. The Kier molecular flexibility index (Phi) is 5.22. The molecule has 3 aromatic rings. The van der Waals surface area contributed by atoms with E-state index in [4.69, 9.17) is 23.1 Å². The molecular formula is C18H15ClN4O3S. The molecule has 138 valence electrons. The lowest BCUT2D eigenvalue weighted by atomic mass is 10.2. The summed E-state index contributed by atoms with van der Waals surface area (Å²) in [5.74, 6) is -0.626. The standard InChI is InChI=1S/C18H15ClN4O3S/c1-10-15(27(26)13-5-6-16(20)22-9-13)8-14(17(21)24)18(25)23(10)12-4-2-3-11(19)7-12/h2-9H,1H3,(H2,20,22)(H2,21,24). The van der Waals surface area contributed by atoms with Crippen LogP contribution < -0.4 is 17.0 Å². The minimum absolute atomic E-state index is 0.259. The van der Waals surface area contributed by atoms with E-state index in [1.807, 2.05) is 0 Å². The molecular weight excluding hydrogens is 388 g/mol. The Bertz CT molecular complexity index is 1080. The fourth-order valence-electron chi connectivity index (χ4n) is 2.60. The van der Waals surface area contributed by atoms with Crippen molar-refractivity contribution in [1.82, 2.24) is 9.55 Å². The monoisotopic (exact) mass is 402 g/mol. The molecule has 0 fully saturated rings. The largest absolute Gasteiger partial charge is 0.606 e. The van der Waals surface area contributed by atoms with Gasteiger partial charge in [-0.2, -0.15) is 0 Å². The van der Waals surface area contributed by atoms with E-state index in [2.05, 4.69) is 4.98 Å². The van der Waals surface area contributed by atoms with Crippen molar-refractivity contribution in [3.05, 3.63) is 75.3 Å². The van der Waals surface area contributed by atoms with Crippen LogP contribution >= 0.6 is 11.6 Å². The number of nitrogens with two attached hydrogens (primary N) is 2. The zero-order valence-corrected chi connectivity index (χ0v) is 15.8. The summed E-state index contributed by atoms with van der Waals surface area (Å²) in [6.45, 7) is 1.63. The van der Waals surface area contributed by atoms with E-state index in [1.165, 1.54) is 22.9 Å². The summed E-state index contributed by atoms with van der Waals surface area (Å²) >= 11 is 4.32. The third-order valence-corrected chi connectivity index (χ3v) is 5.62. The van der Waals surface area contributed by atoms with Gasteiger partial charge in [-0.1, -0.05) is 17.7 Å². The van der Waals surface area contributed by atoms with E-state index >= 15 is 0 Å². The van der Waals surface area contributed by atoms with Gasteiger partial charge < -0.3 is 16.0 Å². The molecule has 0 aliphatic rings. The number of carbonyl (C=O) groups excluding carboxylic acids is 1. The second kappa shape index (κ2) is 7.43. The van der Waals surface area contributed by atoms with Crippen LogP contribution in [-0.2, 0) is 11.2 Å². The van der Waals surface area contributed by atoms with E-state index < -0.39 is 22.6 Å². The minimum Gasteiger partial charge on any atom is -0.606 e. The Hall–Kier alpha value is -2.81. The molecule has 7 nitrogen and oxygen atoms in total. The van der Waals surface area contributed by atoms with Crippen LogP contribution in [0.3, 0.4) is 0 Å². The number of rotatable bonds is 4. The van der Waals surface area contributed by atoms with Crippen LogP contribution in [0.4, 0.5) is 5.82 Å². The number of carbonyl (C=O) groups is 1. The predicted molar refractivity (Wildman–Crippen MR) is 104 cm³/mol. The van der Waals surface area contributed by atoms with Gasteiger partial charge in [-0.15, -0.1) is 0 Å². The van der Waals surface area contributed by atoms with Gasteiger partial charge in [-0.3, -0.25) is 14.2 Å². The molecule has 4 N–H and O–H groups in total. The highest BCUT2D eigenvalue weighted by atomic mass is 35.5. The highest BCUT2D eigenvalue weighted by Gasteiger charge is 2.25. The first-order valence-electron chi connectivity index (χ1n) is 7.75. The Morgan fingerprint density at radius 1 is 1.26 bits per heavy atom. The Balaban J connectivity index is 2.27. The van der Waals surface area contributed by atoms with Gasteiger partial charge in [0.15, 0.2) is 9.79 Å². The minimum atomic E-state index is -1.71. The molecule has 0 radical (unpaired) electrons. The molecule has 1 amide bonds. The smallest absolute Gasteiger partial charge is 0.268 e. The molecule has 2 heterocycles. The van der Waals surface area contributed by atoms with Gasteiger partial charge in [0.05, 0.1) is 17.6 Å². The predicted octanol–water partition coefficient (Wildman–Crippen LogP) is 2.04. The Morgan fingerprint density at radius 3 is 2.59 bits per heavy atom. The molecule has 0 aliphatic heterocycles. The van der Waals surface area contributed by atoms with Crippen molar-refractivity contribution in [3.8, 4) is 5.69 Å². The number of halogens is 1. The summed E-state index contributed by atoms with van der Waals surface area (Å²) in [7, 11) is 0. The fraction of sp³-hybridized carbons (Fsp3) is 0.0556. The number of hydrogen-bond donors (Lipinski definition) is 2. The van der Waals surface area contributed by atoms with Gasteiger partial charge in [-0.25, -0.2) is 4.98 Å². The van der Waals surface area contributed by atoms with Gasteiger partial charge in [0, 0.05) is 22.3 Å². The van der Waals surface area contributed by atoms with E-state index in [0.29, 0.717) is 21.3 Å². The van der Waals surface area contributed by atoms with Crippen molar-refractivity contribution in [2.45, 2.75) is 16.7 Å². The van der Waals surface area contributed by atoms with Crippen LogP contribution in [0.2, 0.25) is 5.02 Å². The maximum Gasteiger partial charge on any atom is 0.268 e. The molecule has 0 bridgehead atoms. The Labute approximate surface area is 162 Å². The van der Waals surface area contributed by atoms with Gasteiger partial charge in [0.2, 0.25) is 0 Å². The molecule has 1 unspecified atom stereocenters. The summed E-state index contributed by atoms with van der Waals surface area (Å²) in [4.78, 5) is 29.1. The first-order chi connectivity index (χ1) is 12.8. The molecule has 0 aliphatic carbocycles. The third-order valence-electron chi connectivity index (χ3n) is 3.91. The summed E-state index contributed by atoms with van der Waals surface area (Å²) in [6.07, 6.45) is 1.38. The number of pyridine rings is 2. The third kappa shape index (κ3) is 3.68. The SMILES string of the molecule is Cc1c([S+]([O-])c2ccc(N)nc2)cc(C(N)=O)c(=O)n1-c1cccc(Cl)c1. The number of hydrogen-bond acceptors (Lipinski definition) is 5. The molecule has 2 aromatic heterocycles. The zero-order chi connectivity index (χ0) is 19.7. The summed E-state index contributed by atoms with van der Waals surface area (Å²) < 4.78 is 14.3. The number of amides is 1. The topological polar surface area (TPSA) is 127 Å². The first kappa shape index (κ1) is 19.0. The van der Waals surface area contributed by atoms with Crippen molar-refractivity contribution in [2.24, 2.45) is 5.73 Å². The average Bonchev–Trinajstić information content (AvgIpc) is 2.62. The molecule has 1 atom stereocenters. The fourth-order valence-corrected chi connectivity index (χ4v) is 3.96. The van der Waals surface area contributed by atoms with Crippen LogP contribution in [-0.4, -0.2) is 20.0 Å². The maximum absolute atomic E-state index is 13.1. The quantitative estimate of drug-likeness (QED) is 0.645. The second-order valence-corrected chi connectivity index (χ2v) is 7.56. The van der Waals surface area contributed by atoms with Crippen LogP contribution in [0.5, 0.6) is 0 Å². The lowest BCUT2D eigenvalue weighted by Gasteiger charge is -2.17. The molecule has 3 rings (SSSR count). The van der Waals surface area contributed by atoms with E-state index in [9.17, 15) is 14.1 Å². The first-order valence-corrected chi connectivity index (χ1v) is 9.28. The number of primary amides is 1. The molecule has 0 saturated carbocycles. The molecule has 0 saturated heterocycles. The average molecular weight is 403 g/mol. The maximum atomic E-state index is 13.1. The molecule has 1 aromatic carbocycles. The van der Waals surface area contributed by atoms with Crippen LogP contribution in [0.1, 0.15) is 16.1 Å². The number of benzene rings is 1. The molecule has 27 heavy (non-hydrogen) atoms. The summed E-state index contributed by atoms with van der Waals surface area (Å²) in [5, 5.41) is 0.411. The van der Waals surface area contributed by atoms with Crippen LogP contribution in [0.25, 0.3) is 5.69 Å². The highest BCUT2D eigenvalue weighted by molar-refractivity contribution is 7.91. The highest BCUT2D eigenvalue weighted by Crippen LogP contribution is 2.26. The van der Waals surface area contributed by atoms with Crippen molar-refractivity contribution in [1.29, 1.82) is 0 Å². The van der Waals surface area contributed by atoms with Crippen molar-refractivity contribution in [2.75, 3.05) is 5.73 Å². The molecule has 9 heteroatoms. The summed E-state index contributed by atoms with van der Waals surface area (Å²) in [6, 6.07) is 10.9. The lowest BCUT2D eigenvalue weighted by molar-refractivity contribution is 0.0998. The van der Waals surface area contributed by atoms with Crippen LogP contribution in [0, 0.1) is 6.92 Å². The Morgan fingerprint density at radius 2 is 2.00 bits per heavy atom. The van der Waals surface area contributed by atoms with E-state index in [0.717, 1.165) is 0 Å². The number of nitrogen functional groups attached to an aromatic ring is 1. The van der Waals surface area contributed by atoms with Crippen molar-refractivity contribution in [3.63, 3.8) is 0 Å². The van der Waals surface area contributed by atoms with Crippen molar-refractivity contribution < 1.29 is 9.35 Å². The van der Waals surface area contributed by atoms with Gasteiger partial charge in [0.1, 0.15) is 11.4 Å². The van der Waals surface area contributed by atoms with Gasteiger partial charge in [-0.05, 0) is 37.3 Å². The number of nitrogens with zero attached hydrogens (tertiary/aromatic N) is 2. The van der Waals surface area contributed by atoms with Gasteiger partial charge in [0.25, 0.3) is 11.5 Å². The zero-order valence-electron chi connectivity index (χ0n) is 14.2.